The maximum atomic E-state index is 13.1. The van der Waals surface area contributed by atoms with E-state index in [0.29, 0.717) is 19.7 Å². The zero-order chi connectivity index (χ0) is 22.3. The molecule has 0 bridgehead atoms. The Balaban J connectivity index is 2.12. The van der Waals surface area contributed by atoms with Crippen molar-refractivity contribution in [3.63, 3.8) is 0 Å². The van der Waals surface area contributed by atoms with Crippen LogP contribution in [0.2, 0.25) is 0 Å². The number of hydrogen-bond acceptors (Lipinski definition) is 3. The van der Waals surface area contributed by atoms with Crippen LogP contribution in [0.15, 0.2) is 36.5 Å². The molecule has 30 heavy (non-hydrogen) atoms. The van der Waals surface area contributed by atoms with Crippen LogP contribution >= 0.6 is 0 Å². The predicted octanol–water partition coefficient (Wildman–Crippen LogP) is 3.56. The number of amides is 3. The van der Waals surface area contributed by atoms with Gasteiger partial charge in [0.05, 0.1) is 13.2 Å². The molecule has 0 unspecified atom stereocenters. The zero-order valence-corrected chi connectivity index (χ0v) is 18.9. The smallest absolute Gasteiger partial charge is 0.322 e. The molecule has 0 saturated heterocycles. The third-order valence-corrected chi connectivity index (χ3v) is 5.14. The van der Waals surface area contributed by atoms with Crippen LogP contribution in [0.1, 0.15) is 30.7 Å². The number of carbonyl (C=O) groups excluding carboxylic acids is 2. The number of benzene rings is 1. The second kappa shape index (κ2) is 10.8. The van der Waals surface area contributed by atoms with E-state index < -0.39 is 0 Å². The number of hydrogen-bond donors (Lipinski definition) is 1. The van der Waals surface area contributed by atoms with Crippen LogP contribution in [0.4, 0.5) is 10.5 Å². The number of anilines is 1. The van der Waals surface area contributed by atoms with Crippen molar-refractivity contribution >= 4 is 17.6 Å². The number of aromatic nitrogens is 1. The maximum absolute atomic E-state index is 13.1. The van der Waals surface area contributed by atoms with Gasteiger partial charge in [-0.15, -0.1) is 0 Å². The Morgan fingerprint density at radius 1 is 1.20 bits per heavy atom. The van der Waals surface area contributed by atoms with Gasteiger partial charge in [-0.2, -0.15) is 0 Å². The van der Waals surface area contributed by atoms with E-state index in [-0.39, 0.29) is 24.5 Å². The van der Waals surface area contributed by atoms with Gasteiger partial charge in [-0.05, 0) is 51.5 Å². The van der Waals surface area contributed by atoms with Crippen LogP contribution in [0.5, 0.6) is 0 Å². The minimum atomic E-state index is -0.282. The molecular formula is C23H34N4O3. The lowest BCUT2D eigenvalue weighted by Gasteiger charge is -2.30. The third-order valence-electron chi connectivity index (χ3n) is 5.14. The summed E-state index contributed by atoms with van der Waals surface area (Å²) in [4.78, 5) is 29.4. The van der Waals surface area contributed by atoms with Gasteiger partial charge >= 0.3 is 6.03 Å². The first-order valence-electron chi connectivity index (χ1n) is 10.2. The van der Waals surface area contributed by atoms with Gasteiger partial charge in [0.2, 0.25) is 5.91 Å². The van der Waals surface area contributed by atoms with Gasteiger partial charge in [0.15, 0.2) is 0 Å². The Hall–Kier alpha value is -2.80. The fourth-order valence-electron chi connectivity index (χ4n) is 3.23. The number of ether oxygens (including phenoxy) is 1. The van der Waals surface area contributed by atoms with Crippen LogP contribution in [0, 0.1) is 13.8 Å². The quantitative estimate of drug-likeness (QED) is 0.682. The highest BCUT2D eigenvalue weighted by Gasteiger charge is 2.24. The first kappa shape index (κ1) is 23.5. The Kier molecular flexibility index (Phi) is 8.47. The summed E-state index contributed by atoms with van der Waals surface area (Å²) in [6.07, 6.45) is 1.95. The van der Waals surface area contributed by atoms with Crippen molar-refractivity contribution < 1.29 is 14.3 Å². The Morgan fingerprint density at radius 3 is 2.50 bits per heavy atom. The molecule has 0 saturated carbocycles. The predicted molar refractivity (Wildman–Crippen MR) is 119 cm³/mol. The molecule has 0 aliphatic carbocycles. The highest BCUT2D eigenvalue weighted by Crippen LogP contribution is 2.17. The van der Waals surface area contributed by atoms with Gasteiger partial charge in [0.25, 0.3) is 0 Å². The average Bonchev–Trinajstić information content (AvgIpc) is 3.09. The highest BCUT2D eigenvalue weighted by molar-refractivity contribution is 5.93. The summed E-state index contributed by atoms with van der Waals surface area (Å²) in [6, 6.07) is 9.40. The van der Waals surface area contributed by atoms with Gasteiger partial charge in [0.1, 0.15) is 6.54 Å². The fourth-order valence-corrected chi connectivity index (χ4v) is 3.23. The van der Waals surface area contributed by atoms with Crippen LogP contribution < -0.4 is 5.32 Å². The van der Waals surface area contributed by atoms with E-state index in [0.717, 1.165) is 22.5 Å². The van der Waals surface area contributed by atoms with Crippen LogP contribution in [0.25, 0.3) is 0 Å². The summed E-state index contributed by atoms with van der Waals surface area (Å²) in [5, 5.41) is 2.95. The lowest BCUT2D eigenvalue weighted by Crippen LogP contribution is -2.48. The molecule has 1 heterocycles. The molecule has 0 aliphatic rings. The Morgan fingerprint density at radius 2 is 1.93 bits per heavy atom. The molecule has 1 N–H and O–H groups in total. The van der Waals surface area contributed by atoms with Crippen LogP contribution in [0.3, 0.4) is 0 Å². The molecule has 2 aromatic rings. The van der Waals surface area contributed by atoms with Crippen molar-refractivity contribution in [1.29, 1.82) is 0 Å². The Labute approximate surface area is 179 Å². The molecular weight excluding hydrogens is 380 g/mol. The molecule has 2 rings (SSSR count). The summed E-state index contributed by atoms with van der Waals surface area (Å²) in [7, 11) is 3.56. The van der Waals surface area contributed by atoms with Crippen molar-refractivity contribution in [2.24, 2.45) is 7.05 Å². The van der Waals surface area contributed by atoms with Gasteiger partial charge in [0, 0.05) is 44.3 Å². The normalized spacial score (nSPS) is 10.9. The van der Waals surface area contributed by atoms with Crippen molar-refractivity contribution in [2.75, 3.05) is 32.1 Å². The molecule has 3 amide bonds. The number of methoxy groups -OCH3 is 1. The molecule has 0 spiro atoms. The van der Waals surface area contributed by atoms with Gasteiger partial charge in [-0.3, -0.25) is 4.79 Å². The van der Waals surface area contributed by atoms with E-state index in [1.165, 1.54) is 0 Å². The highest BCUT2D eigenvalue weighted by atomic mass is 16.5. The van der Waals surface area contributed by atoms with Crippen molar-refractivity contribution in [3.8, 4) is 0 Å². The number of aryl methyl sites for hydroxylation is 3. The topological polar surface area (TPSA) is 66.8 Å². The number of rotatable bonds is 9. The maximum Gasteiger partial charge on any atom is 0.322 e. The molecule has 7 heteroatoms. The summed E-state index contributed by atoms with van der Waals surface area (Å²) in [6.45, 7) is 9.16. The van der Waals surface area contributed by atoms with Crippen molar-refractivity contribution in [3.05, 3.63) is 53.3 Å². The number of nitrogens with zero attached hydrogens (tertiary/aromatic N) is 3. The van der Waals surface area contributed by atoms with Gasteiger partial charge in [-0.25, -0.2) is 4.79 Å². The van der Waals surface area contributed by atoms with Crippen LogP contribution in [-0.4, -0.2) is 59.2 Å². The molecule has 0 atom stereocenters. The number of urea groups is 1. The molecule has 7 nitrogen and oxygen atoms in total. The first-order valence-corrected chi connectivity index (χ1v) is 10.2. The summed E-state index contributed by atoms with van der Waals surface area (Å²) in [5.41, 5.74) is 3.90. The minimum absolute atomic E-state index is 0.00253. The molecule has 164 valence electrons. The standard InChI is InChI=1S/C23H34N4O3/c1-17(2)27(23(29)24-21-10-9-18(3)14-19(21)4)16-22(28)26(12-13-30-6)15-20-8-7-11-25(20)5/h7-11,14,17H,12-13,15-16H2,1-6H3,(H,24,29). The summed E-state index contributed by atoms with van der Waals surface area (Å²) in [5.74, 6) is -0.113. The van der Waals surface area contributed by atoms with E-state index >= 15 is 0 Å². The Bertz CT molecular complexity index is 860. The minimum Gasteiger partial charge on any atom is -0.383 e. The van der Waals surface area contributed by atoms with Gasteiger partial charge in [-0.1, -0.05) is 17.7 Å². The lowest BCUT2D eigenvalue weighted by molar-refractivity contribution is -0.133. The van der Waals surface area contributed by atoms with Crippen molar-refractivity contribution in [2.45, 2.75) is 40.3 Å². The molecule has 0 aliphatic heterocycles. The zero-order valence-electron chi connectivity index (χ0n) is 18.9. The molecule has 0 fully saturated rings. The SMILES string of the molecule is COCCN(Cc1cccn1C)C(=O)CN(C(=O)Nc1ccc(C)cc1C)C(C)C. The fraction of sp³-hybridized carbons (Fsp3) is 0.478. The number of nitrogens with one attached hydrogen (secondary N) is 1. The average molecular weight is 415 g/mol. The van der Waals surface area contributed by atoms with E-state index in [4.69, 9.17) is 4.74 Å². The second-order valence-electron chi connectivity index (χ2n) is 7.89. The second-order valence-corrected chi connectivity index (χ2v) is 7.89. The summed E-state index contributed by atoms with van der Waals surface area (Å²) >= 11 is 0. The molecule has 0 radical (unpaired) electrons. The molecule has 1 aromatic carbocycles. The first-order chi connectivity index (χ1) is 14.2. The van der Waals surface area contributed by atoms with Crippen molar-refractivity contribution in [1.82, 2.24) is 14.4 Å². The molecule has 1 aromatic heterocycles. The van der Waals surface area contributed by atoms with E-state index in [1.807, 2.05) is 75.8 Å². The largest absolute Gasteiger partial charge is 0.383 e. The third kappa shape index (κ3) is 6.35. The number of carbonyl (C=O) groups is 2. The van der Waals surface area contributed by atoms with E-state index in [9.17, 15) is 9.59 Å². The van der Waals surface area contributed by atoms with E-state index in [1.54, 1.807) is 16.9 Å². The van der Waals surface area contributed by atoms with Crippen LogP contribution in [-0.2, 0) is 23.1 Å². The monoisotopic (exact) mass is 414 g/mol. The lowest BCUT2D eigenvalue weighted by atomic mass is 10.1. The summed E-state index contributed by atoms with van der Waals surface area (Å²) < 4.78 is 7.17. The van der Waals surface area contributed by atoms with E-state index in [2.05, 4.69) is 5.32 Å². The van der Waals surface area contributed by atoms with Gasteiger partial charge < -0.3 is 24.4 Å².